The molecule has 0 amide bonds. The van der Waals surface area contributed by atoms with Crippen LogP contribution in [0.5, 0.6) is 0 Å². The Balaban J connectivity index is 2.08. The molecule has 0 radical (unpaired) electrons. The second kappa shape index (κ2) is 5.53. The van der Waals surface area contributed by atoms with E-state index < -0.39 is 0 Å². The van der Waals surface area contributed by atoms with E-state index >= 15 is 0 Å². The number of aromatic nitrogens is 2. The molecule has 17 heavy (non-hydrogen) atoms. The van der Waals surface area contributed by atoms with Gasteiger partial charge in [-0.15, -0.1) is 0 Å². The molecule has 1 unspecified atom stereocenters. The molecule has 1 heterocycles. The number of nitrogens with zero attached hydrogens (tertiary/aromatic N) is 2. The smallest absolute Gasteiger partial charge is 0.0542 e. The molecule has 4 heteroatoms. The average molecular weight is 341 g/mol. The van der Waals surface area contributed by atoms with Crippen LogP contribution < -0.4 is 5.32 Å². The molecule has 0 aliphatic carbocycles. The minimum Gasteiger partial charge on any atom is -0.378 e. The van der Waals surface area contributed by atoms with E-state index in [4.69, 9.17) is 0 Å². The van der Waals surface area contributed by atoms with Crippen LogP contribution in [-0.2, 0) is 6.54 Å². The van der Waals surface area contributed by atoms with Crippen LogP contribution in [0.25, 0.3) is 0 Å². The van der Waals surface area contributed by atoms with E-state index in [1.54, 1.807) is 0 Å². The summed E-state index contributed by atoms with van der Waals surface area (Å²) in [5, 5.41) is 7.77. The number of rotatable bonds is 4. The molecule has 0 spiro atoms. The lowest BCUT2D eigenvalue weighted by atomic mass is 10.2. The van der Waals surface area contributed by atoms with Crippen LogP contribution in [0, 0.1) is 3.57 Å². The van der Waals surface area contributed by atoms with Gasteiger partial charge in [0.25, 0.3) is 0 Å². The summed E-state index contributed by atoms with van der Waals surface area (Å²) < 4.78 is 3.19. The molecule has 0 bridgehead atoms. The highest BCUT2D eigenvalue weighted by atomic mass is 127. The van der Waals surface area contributed by atoms with Crippen molar-refractivity contribution in [2.24, 2.45) is 0 Å². The van der Waals surface area contributed by atoms with Crippen molar-refractivity contribution in [3.05, 3.63) is 45.8 Å². The number of hydrogen-bond donors (Lipinski definition) is 1. The first-order valence-corrected chi connectivity index (χ1v) is 6.81. The zero-order valence-electron chi connectivity index (χ0n) is 10.0. The SMILES string of the molecule is CCn1cc(C(C)Nc2cccc(I)c2)cn1. The van der Waals surface area contributed by atoms with Gasteiger partial charge >= 0.3 is 0 Å². The number of anilines is 1. The van der Waals surface area contributed by atoms with Crippen LogP contribution in [0.4, 0.5) is 5.69 Å². The van der Waals surface area contributed by atoms with Crippen molar-refractivity contribution in [2.45, 2.75) is 26.4 Å². The zero-order valence-corrected chi connectivity index (χ0v) is 12.2. The third-order valence-corrected chi connectivity index (χ3v) is 3.36. The van der Waals surface area contributed by atoms with Gasteiger partial charge in [-0.05, 0) is 54.6 Å². The quantitative estimate of drug-likeness (QED) is 0.860. The van der Waals surface area contributed by atoms with Gasteiger partial charge in [0.1, 0.15) is 0 Å². The van der Waals surface area contributed by atoms with Crippen LogP contribution in [0.2, 0.25) is 0 Å². The van der Waals surface area contributed by atoms with E-state index in [9.17, 15) is 0 Å². The predicted octanol–water partition coefficient (Wildman–Crippen LogP) is 3.68. The Labute approximate surface area is 115 Å². The number of hydrogen-bond acceptors (Lipinski definition) is 2. The normalized spacial score (nSPS) is 12.4. The Kier molecular flexibility index (Phi) is 4.04. The van der Waals surface area contributed by atoms with Gasteiger partial charge < -0.3 is 5.32 Å². The van der Waals surface area contributed by atoms with E-state index in [1.165, 1.54) is 9.13 Å². The molecule has 90 valence electrons. The molecule has 0 saturated heterocycles. The topological polar surface area (TPSA) is 29.9 Å². The van der Waals surface area contributed by atoms with Crippen LogP contribution in [0.15, 0.2) is 36.7 Å². The van der Waals surface area contributed by atoms with Crippen molar-refractivity contribution in [1.29, 1.82) is 0 Å². The number of aryl methyl sites for hydroxylation is 1. The number of nitrogens with one attached hydrogen (secondary N) is 1. The fraction of sp³-hybridized carbons (Fsp3) is 0.308. The molecule has 1 aromatic heterocycles. The van der Waals surface area contributed by atoms with E-state index in [2.05, 4.69) is 77.3 Å². The van der Waals surface area contributed by atoms with Crippen LogP contribution >= 0.6 is 22.6 Å². The molecule has 0 aliphatic heterocycles. The predicted molar refractivity (Wildman–Crippen MR) is 79.1 cm³/mol. The maximum absolute atomic E-state index is 4.29. The van der Waals surface area contributed by atoms with Crippen molar-refractivity contribution in [1.82, 2.24) is 9.78 Å². The van der Waals surface area contributed by atoms with Gasteiger partial charge in [0.05, 0.1) is 12.2 Å². The van der Waals surface area contributed by atoms with Gasteiger partial charge in [0.15, 0.2) is 0 Å². The molecule has 1 atom stereocenters. The Morgan fingerprint density at radius 3 is 2.94 bits per heavy atom. The maximum Gasteiger partial charge on any atom is 0.0542 e. The standard InChI is InChI=1S/C13H16IN3/c1-3-17-9-11(8-15-17)10(2)16-13-6-4-5-12(14)7-13/h4-10,16H,3H2,1-2H3. The highest BCUT2D eigenvalue weighted by molar-refractivity contribution is 14.1. The molecule has 3 nitrogen and oxygen atoms in total. The van der Waals surface area contributed by atoms with Crippen LogP contribution in [0.3, 0.4) is 0 Å². The molecule has 0 fully saturated rings. The largest absolute Gasteiger partial charge is 0.378 e. The van der Waals surface area contributed by atoms with Crippen molar-refractivity contribution in [3.63, 3.8) is 0 Å². The first-order chi connectivity index (χ1) is 8.19. The summed E-state index contributed by atoms with van der Waals surface area (Å²) in [5.74, 6) is 0. The Morgan fingerprint density at radius 1 is 1.47 bits per heavy atom. The summed E-state index contributed by atoms with van der Waals surface area (Å²) in [4.78, 5) is 0. The Bertz CT molecular complexity index is 493. The highest BCUT2D eigenvalue weighted by Crippen LogP contribution is 2.20. The molecular formula is C13H16IN3. The second-order valence-corrected chi connectivity index (χ2v) is 5.25. The third-order valence-electron chi connectivity index (χ3n) is 2.69. The first-order valence-electron chi connectivity index (χ1n) is 5.73. The summed E-state index contributed by atoms with van der Waals surface area (Å²) in [5.41, 5.74) is 2.36. The first kappa shape index (κ1) is 12.4. The lowest BCUT2D eigenvalue weighted by Gasteiger charge is -2.13. The zero-order chi connectivity index (χ0) is 12.3. The minimum atomic E-state index is 0.272. The number of benzene rings is 1. The lowest BCUT2D eigenvalue weighted by molar-refractivity contribution is 0.658. The molecular weight excluding hydrogens is 325 g/mol. The Hall–Kier alpha value is -1.04. The van der Waals surface area contributed by atoms with Gasteiger partial charge in [-0.1, -0.05) is 6.07 Å². The molecule has 0 aliphatic rings. The van der Waals surface area contributed by atoms with Gasteiger partial charge in [0.2, 0.25) is 0 Å². The third kappa shape index (κ3) is 3.21. The van der Waals surface area contributed by atoms with Gasteiger partial charge in [0, 0.05) is 27.6 Å². The summed E-state index contributed by atoms with van der Waals surface area (Å²) in [6.07, 6.45) is 4.01. The molecule has 1 N–H and O–H groups in total. The maximum atomic E-state index is 4.29. The fourth-order valence-electron chi connectivity index (χ4n) is 1.69. The molecule has 0 saturated carbocycles. The summed E-state index contributed by atoms with van der Waals surface area (Å²) in [6, 6.07) is 8.65. The van der Waals surface area contributed by atoms with Gasteiger partial charge in [-0.3, -0.25) is 4.68 Å². The monoisotopic (exact) mass is 341 g/mol. The van der Waals surface area contributed by atoms with Gasteiger partial charge in [-0.2, -0.15) is 5.10 Å². The van der Waals surface area contributed by atoms with E-state index in [1.807, 2.05) is 10.9 Å². The van der Waals surface area contributed by atoms with Crippen LogP contribution in [0.1, 0.15) is 25.5 Å². The molecule has 1 aromatic carbocycles. The highest BCUT2D eigenvalue weighted by Gasteiger charge is 2.07. The molecule has 2 rings (SSSR count). The number of halogens is 1. The minimum absolute atomic E-state index is 0.272. The van der Waals surface area contributed by atoms with Crippen molar-refractivity contribution in [2.75, 3.05) is 5.32 Å². The fourth-order valence-corrected chi connectivity index (χ4v) is 2.23. The van der Waals surface area contributed by atoms with Crippen molar-refractivity contribution >= 4 is 28.3 Å². The van der Waals surface area contributed by atoms with Gasteiger partial charge in [-0.25, -0.2) is 0 Å². The summed E-state index contributed by atoms with van der Waals surface area (Å²) >= 11 is 2.32. The Morgan fingerprint density at radius 2 is 2.29 bits per heavy atom. The van der Waals surface area contributed by atoms with Crippen molar-refractivity contribution < 1.29 is 0 Å². The second-order valence-electron chi connectivity index (χ2n) is 4.01. The van der Waals surface area contributed by atoms with E-state index in [0.717, 1.165) is 12.2 Å². The average Bonchev–Trinajstić information content (AvgIpc) is 2.77. The summed E-state index contributed by atoms with van der Waals surface area (Å²) in [7, 11) is 0. The van der Waals surface area contributed by atoms with E-state index in [0.29, 0.717) is 0 Å². The van der Waals surface area contributed by atoms with E-state index in [-0.39, 0.29) is 6.04 Å². The van der Waals surface area contributed by atoms with Crippen LogP contribution in [-0.4, -0.2) is 9.78 Å². The van der Waals surface area contributed by atoms with Crippen molar-refractivity contribution in [3.8, 4) is 0 Å². The summed E-state index contributed by atoms with van der Waals surface area (Å²) in [6.45, 7) is 5.15. The lowest BCUT2D eigenvalue weighted by Crippen LogP contribution is -2.05. The molecule has 2 aromatic rings.